The topological polar surface area (TPSA) is 55.6 Å². The molecule has 2 rings (SSSR count). The van der Waals surface area contributed by atoms with Gasteiger partial charge in [-0.25, -0.2) is 0 Å². The largest absolute Gasteiger partial charge is 0.384 e. The molecule has 1 aliphatic carbocycles. The molecule has 3 atom stereocenters. The molecule has 0 aromatic carbocycles. The molecule has 2 N–H and O–H groups in total. The third-order valence-electron chi connectivity index (χ3n) is 4.73. The Balaban J connectivity index is 2.00. The Morgan fingerprint density at radius 3 is 2.83 bits per heavy atom. The highest BCUT2D eigenvalue weighted by Crippen LogP contribution is 2.39. The van der Waals surface area contributed by atoms with Crippen molar-refractivity contribution in [2.75, 3.05) is 26.8 Å². The van der Waals surface area contributed by atoms with E-state index in [0.717, 1.165) is 45.4 Å². The minimum Gasteiger partial charge on any atom is -0.384 e. The van der Waals surface area contributed by atoms with E-state index in [1.807, 2.05) is 11.8 Å². The van der Waals surface area contributed by atoms with Gasteiger partial charge in [-0.3, -0.25) is 4.79 Å². The summed E-state index contributed by atoms with van der Waals surface area (Å²) < 4.78 is 5.22. The summed E-state index contributed by atoms with van der Waals surface area (Å²) in [4.78, 5) is 14.7. The number of amides is 1. The van der Waals surface area contributed by atoms with Gasteiger partial charge in [0.05, 0.1) is 12.0 Å². The van der Waals surface area contributed by atoms with E-state index in [4.69, 9.17) is 10.5 Å². The number of piperidine rings is 1. The molecule has 18 heavy (non-hydrogen) atoms. The first-order valence-electron chi connectivity index (χ1n) is 7.12. The summed E-state index contributed by atoms with van der Waals surface area (Å²) in [5.41, 5.74) is 5.82. The molecule has 2 fully saturated rings. The molecule has 1 saturated carbocycles. The second-order valence-corrected chi connectivity index (χ2v) is 6.13. The molecular formula is C14H26N2O2. The van der Waals surface area contributed by atoms with E-state index in [2.05, 4.69) is 0 Å². The monoisotopic (exact) mass is 254 g/mol. The first-order chi connectivity index (χ1) is 8.58. The van der Waals surface area contributed by atoms with Gasteiger partial charge in [-0.1, -0.05) is 6.42 Å². The minimum atomic E-state index is -0.324. The fraction of sp³-hybridized carbons (Fsp3) is 0.929. The highest BCUT2D eigenvalue weighted by Gasteiger charge is 2.45. The smallest absolute Gasteiger partial charge is 0.230 e. The van der Waals surface area contributed by atoms with Crippen molar-refractivity contribution in [1.82, 2.24) is 4.90 Å². The maximum absolute atomic E-state index is 12.7. The summed E-state index contributed by atoms with van der Waals surface area (Å²) in [5.74, 6) is 0.766. The number of ether oxygens (including phenoxy) is 1. The highest BCUT2D eigenvalue weighted by molar-refractivity contribution is 5.83. The van der Waals surface area contributed by atoms with E-state index >= 15 is 0 Å². The predicted octanol–water partition coefficient (Wildman–Crippen LogP) is 1.39. The van der Waals surface area contributed by atoms with Crippen molar-refractivity contribution in [3.05, 3.63) is 0 Å². The Morgan fingerprint density at radius 1 is 1.44 bits per heavy atom. The zero-order valence-corrected chi connectivity index (χ0v) is 11.7. The lowest BCUT2D eigenvalue weighted by molar-refractivity contribution is -0.144. The van der Waals surface area contributed by atoms with E-state index in [0.29, 0.717) is 5.92 Å². The molecule has 3 unspecified atom stereocenters. The van der Waals surface area contributed by atoms with Gasteiger partial charge < -0.3 is 15.4 Å². The van der Waals surface area contributed by atoms with Gasteiger partial charge in [-0.05, 0) is 38.5 Å². The van der Waals surface area contributed by atoms with E-state index in [-0.39, 0.29) is 17.4 Å². The molecule has 2 aliphatic rings. The number of nitrogens with two attached hydrogens (primary N) is 1. The standard InChI is InChI=1S/C14H26N2O2/c1-14(7-3-6-12(14)15)13(17)16-8-4-5-11(9-16)10-18-2/h11-12H,3-10,15H2,1-2H3. The average Bonchev–Trinajstić information content (AvgIpc) is 2.71. The van der Waals surface area contributed by atoms with Gasteiger partial charge in [-0.2, -0.15) is 0 Å². The molecule has 0 radical (unpaired) electrons. The number of methoxy groups -OCH3 is 1. The van der Waals surface area contributed by atoms with Crippen LogP contribution < -0.4 is 5.73 Å². The molecule has 4 heteroatoms. The fourth-order valence-corrected chi connectivity index (χ4v) is 3.44. The first kappa shape index (κ1) is 13.8. The van der Waals surface area contributed by atoms with Crippen LogP contribution in [0.15, 0.2) is 0 Å². The van der Waals surface area contributed by atoms with E-state index in [9.17, 15) is 4.79 Å². The molecule has 0 bridgehead atoms. The van der Waals surface area contributed by atoms with Crippen molar-refractivity contribution in [2.24, 2.45) is 17.1 Å². The van der Waals surface area contributed by atoms with E-state index in [1.165, 1.54) is 6.42 Å². The van der Waals surface area contributed by atoms with Crippen molar-refractivity contribution >= 4 is 5.91 Å². The maximum Gasteiger partial charge on any atom is 0.230 e. The van der Waals surface area contributed by atoms with Crippen molar-refractivity contribution in [3.63, 3.8) is 0 Å². The summed E-state index contributed by atoms with van der Waals surface area (Å²) >= 11 is 0. The summed E-state index contributed by atoms with van der Waals surface area (Å²) in [6.45, 7) is 4.54. The number of hydrogen-bond acceptors (Lipinski definition) is 3. The summed E-state index contributed by atoms with van der Waals surface area (Å²) in [5, 5.41) is 0. The van der Waals surface area contributed by atoms with Gasteiger partial charge in [0.15, 0.2) is 0 Å². The Labute approximate surface area is 110 Å². The first-order valence-corrected chi connectivity index (χ1v) is 7.12. The van der Waals surface area contributed by atoms with Crippen molar-refractivity contribution in [1.29, 1.82) is 0 Å². The molecule has 1 amide bonds. The summed E-state index contributed by atoms with van der Waals surface area (Å²) in [7, 11) is 1.73. The SMILES string of the molecule is COCC1CCCN(C(=O)C2(C)CCCC2N)C1. The van der Waals surface area contributed by atoms with Crippen LogP contribution in [0.2, 0.25) is 0 Å². The summed E-state index contributed by atoms with van der Waals surface area (Å²) in [6, 6.07) is 0.0350. The van der Waals surface area contributed by atoms with Gasteiger partial charge in [0.2, 0.25) is 5.91 Å². The van der Waals surface area contributed by atoms with Crippen LogP contribution in [0.3, 0.4) is 0 Å². The van der Waals surface area contributed by atoms with Crippen LogP contribution in [-0.4, -0.2) is 43.7 Å². The van der Waals surface area contributed by atoms with Gasteiger partial charge in [-0.15, -0.1) is 0 Å². The quantitative estimate of drug-likeness (QED) is 0.828. The molecule has 1 aliphatic heterocycles. The molecule has 4 nitrogen and oxygen atoms in total. The molecule has 1 heterocycles. The Bertz CT molecular complexity index is 306. The number of carbonyl (C=O) groups excluding carboxylic acids is 1. The van der Waals surface area contributed by atoms with Crippen LogP contribution in [0, 0.1) is 11.3 Å². The van der Waals surface area contributed by atoms with Gasteiger partial charge in [0.1, 0.15) is 0 Å². The van der Waals surface area contributed by atoms with Crippen molar-refractivity contribution in [2.45, 2.75) is 45.1 Å². The number of nitrogens with zero attached hydrogens (tertiary/aromatic N) is 1. The lowest BCUT2D eigenvalue weighted by atomic mass is 9.82. The minimum absolute atomic E-state index is 0.0350. The number of rotatable bonds is 3. The van der Waals surface area contributed by atoms with Gasteiger partial charge in [0, 0.05) is 26.2 Å². The number of likely N-dealkylation sites (tertiary alicyclic amines) is 1. The van der Waals surface area contributed by atoms with Crippen LogP contribution in [0.4, 0.5) is 0 Å². The molecule has 0 aromatic heterocycles. The van der Waals surface area contributed by atoms with E-state index in [1.54, 1.807) is 7.11 Å². The summed E-state index contributed by atoms with van der Waals surface area (Å²) in [6.07, 6.45) is 5.26. The van der Waals surface area contributed by atoms with Crippen LogP contribution in [0.5, 0.6) is 0 Å². The highest BCUT2D eigenvalue weighted by atomic mass is 16.5. The molecule has 104 valence electrons. The third kappa shape index (κ3) is 2.54. The molecule has 0 aromatic rings. The van der Waals surface area contributed by atoms with Crippen LogP contribution >= 0.6 is 0 Å². The lowest BCUT2D eigenvalue weighted by Gasteiger charge is -2.39. The van der Waals surface area contributed by atoms with Crippen molar-refractivity contribution < 1.29 is 9.53 Å². The lowest BCUT2D eigenvalue weighted by Crippen LogP contribution is -2.52. The Kier molecular flexibility index (Phi) is 4.28. The molecule has 0 spiro atoms. The Hall–Kier alpha value is -0.610. The van der Waals surface area contributed by atoms with E-state index < -0.39 is 0 Å². The zero-order valence-electron chi connectivity index (χ0n) is 11.7. The predicted molar refractivity (Wildman–Crippen MR) is 71.1 cm³/mol. The molecular weight excluding hydrogens is 228 g/mol. The second kappa shape index (κ2) is 5.57. The average molecular weight is 254 g/mol. The number of carbonyl (C=O) groups is 1. The van der Waals surface area contributed by atoms with Crippen LogP contribution in [-0.2, 0) is 9.53 Å². The number of hydrogen-bond donors (Lipinski definition) is 1. The van der Waals surface area contributed by atoms with Crippen LogP contribution in [0.25, 0.3) is 0 Å². The van der Waals surface area contributed by atoms with Crippen molar-refractivity contribution in [3.8, 4) is 0 Å². The van der Waals surface area contributed by atoms with Crippen LogP contribution in [0.1, 0.15) is 39.0 Å². The molecule has 1 saturated heterocycles. The zero-order chi connectivity index (χ0) is 13.2. The normalized spacial score (nSPS) is 36.9. The van der Waals surface area contributed by atoms with Gasteiger partial charge in [0.25, 0.3) is 0 Å². The van der Waals surface area contributed by atoms with Gasteiger partial charge >= 0.3 is 0 Å². The Morgan fingerprint density at radius 2 is 2.22 bits per heavy atom. The second-order valence-electron chi connectivity index (χ2n) is 6.13. The fourth-order valence-electron chi connectivity index (χ4n) is 3.44. The third-order valence-corrected chi connectivity index (χ3v) is 4.73. The maximum atomic E-state index is 12.7.